The predicted molar refractivity (Wildman–Crippen MR) is 86.8 cm³/mol. The minimum absolute atomic E-state index is 0.00922. The molecule has 0 spiro atoms. The third kappa shape index (κ3) is 3.84. The molecule has 3 rings (SSSR count). The van der Waals surface area contributed by atoms with Gasteiger partial charge < -0.3 is 20.0 Å². The number of amides is 1. The molecule has 134 valence electrons. The smallest absolute Gasteiger partial charge is 0.358 e. The summed E-state index contributed by atoms with van der Waals surface area (Å²) in [4.78, 5) is 25.7. The van der Waals surface area contributed by atoms with E-state index in [1.54, 1.807) is 13.0 Å². The van der Waals surface area contributed by atoms with Crippen molar-refractivity contribution in [3.8, 4) is 0 Å². The lowest BCUT2D eigenvalue weighted by Crippen LogP contribution is -2.22. The van der Waals surface area contributed by atoms with Crippen LogP contribution in [0.2, 0.25) is 0 Å². The fourth-order valence-corrected chi connectivity index (χ4v) is 4.43. The van der Waals surface area contributed by atoms with E-state index in [1.807, 2.05) is 0 Å². The Morgan fingerprint density at radius 3 is 2.88 bits per heavy atom. The highest BCUT2D eigenvalue weighted by Crippen LogP contribution is 2.27. The maximum Gasteiger partial charge on any atom is 0.381 e. The Hall–Kier alpha value is -2.76. The second-order valence-corrected chi connectivity index (χ2v) is 8.11. The number of anilines is 1. The molecule has 2 aromatic heterocycles. The lowest BCUT2D eigenvalue weighted by molar-refractivity contribution is -0.389. The minimum atomic E-state index is -3.08. The largest absolute Gasteiger partial charge is 0.381 e. The van der Waals surface area contributed by atoms with Crippen molar-refractivity contribution in [3.05, 3.63) is 34.4 Å². The van der Waals surface area contributed by atoms with Gasteiger partial charge >= 0.3 is 5.82 Å². The summed E-state index contributed by atoms with van der Waals surface area (Å²) in [6.45, 7) is 1.59. The monoisotopic (exact) mass is 368 g/mol. The summed E-state index contributed by atoms with van der Waals surface area (Å²) in [5.41, 5.74) is 0.651. The molecule has 1 aliphatic heterocycles. The Morgan fingerprint density at radius 1 is 1.52 bits per heavy atom. The van der Waals surface area contributed by atoms with Crippen LogP contribution in [0.4, 0.5) is 11.6 Å². The number of imidazole rings is 1. The maximum absolute atomic E-state index is 12.2. The van der Waals surface area contributed by atoms with Crippen molar-refractivity contribution in [1.82, 2.24) is 19.3 Å². The van der Waals surface area contributed by atoms with Gasteiger partial charge in [0.25, 0.3) is 0 Å². The Kier molecular flexibility index (Phi) is 4.29. The van der Waals surface area contributed by atoms with E-state index in [2.05, 4.69) is 15.4 Å². The zero-order chi connectivity index (χ0) is 18.2. The quantitative estimate of drug-likeness (QED) is 0.590. The number of carbonyl (C=O) groups is 1. The van der Waals surface area contributed by atoms with E-state index in [4.69, 9.17) is 0 Å². The van der Waals surface area contributed by atoms with Gasteiger partial charge in [-0.05, 0) is 23.3 Å². The summed E-state index contributed by atoms with van der Waals surface area (Å²) in [6, 6.07) is 1.34. The zero-order valence-corrected chi connectivity index (χ0v) is 14.1. The molecule has 2 aromatic rings. The second-order valence-electron chi connectivity index (χ2n) is 5.88. The van der Waals surface area contributed by atoms with E-state index in [-0.39, 0.29) is 29.9 Å². The third-order valence-electron chi connectivity index (χ3n) is 3.81. The molecular formula is C13H16N6O5S. The van der Waals surface area contributed by atoms with Crippen LogP contribution in [0, 0.1) is 17.0 Å². The van der Waals surface area contributed by atoms with Crippen LogP contribution in [0.1, 0.15) is 18.2 Å². The van der Waals surface area contributed by atoms with Gasteiger partial charge in [0, 0.05) is 6.07 Å². The van der Waals surface area contributed by atoms with Gasteiger partial charge in [-0.1, -0.05) is 0 Å². The molecule has 1 aliphatic rings. The van der Waals surface area contributed by atoms with E-state index in [1.165, 1.54) is 15.6 Å². The van der Waals surface area contributed by atoms with Gasteiger partial charge in [0.2, 0.25) is 12.2 Å². The first-order chi connectivity index (χ1) is 11.7. The number of rotatable bonds is 5. The van der Waals surface area contributed by atoms with E-state index in [0.717, 1.165) is 6.20 Å². The Balaban J connectivity index is 1.72. The molecule has 0 bridgehead atoms. The molecule has 1 N–H and O–H groups in total. The summed E-state index contributed by atoms with van der Waals surface area (Å²) in [6.07, 6.45) is 2.80. The fraction of sp³-hybridized carbons (Fsp3) is 0.462. The van der Waals surface area contributed by atoms with Crippen molar-refractivity contribution in [3.63, 3.8) is 0 Å². The highest BCUT2D eigenvalue weighted by molar-refractivity contribution is 7.91. The Morgan fingerprint density at radius 2 is 2.28 bits per heavy atom. The first kappa shape index (κ1) is 17.1. The number of nitrogens with one attached hydrogen (secondary N) is 1. The summed E-state index contributed by atoms with van der Waals surface area (Å²) in [7, 11) is -3.08. The number of nitro groups is 1. The molecule has 1 fully saturated rings. The molecule has 25 heavy (non-hydrogen) atoms. The number of carbonyl (C=O) groups excluding carboxylic acids is 1. The second kappa shape index (κ2) is 6.27. The SMILES string of the molecule is Cc1cc(NC(=O)Cn2cnc([N+](=O)[O-])c2)n([C@@H]2CCS(=O)(=O)C2)n1. The number of hydrogen-bond donors (Lipinski definition) is 1. The third-order valence-corrected chi connectivity index (χ3v) is 5.56. The normalized spacial score (nSPS) is 19.0. The van der Waals surface area contributed by atoms with Crippen LogP contribution in [0.3, 0.4) is 0 Å². The molecule has 3 heterocycles. The number of aryl methyl sites for hydroxylation is 1. The van der Waals surface area contributed by atoms with Crippen LogP contribution in [-0.4, -0.2) is 50.1 Å². The maximum atomic E-state index is 12.2. The summed E-state index contributed by atoms with van der Waals surface area (Å²) in [5, 5.41) is 17.6. The molecule has 12 heteroatoms. The van der Waals surface area contributed by atoms with Crippen molar-refractivity contribution in [2.45, 2.75) is 25.9 Å². The average Bonchev–Trinajstić information content (AvgIpc) is 3.18. The zero-order valence-electron chi connectivity index (χ0n) is 13.3. The van der Waals surface area contributed by atoms with Gasteiger partial charge in [-0.3, -0.25) is 4.79 Å². The molecule has 11 nitrogen and oxygen atoms in total. The lowest BCUT2D eigenvalue weighted by Gasteiger charge is -2.13. The van der Waals surface area contributed by atoms with E-state index in [9.17, 15) is 23.3 Å². The van der Waals surface area contributed by atoms with Crippen LogP contribution in [0.15, 0.2) is 18.6 Å². The highest BCUT2D eigenvalue weighted by Gasteiger charge is 2.31. The fourth-order valence-electron chi connectivity index (χ4n) is 2.73. The molecule has 1 amide bonds. The van der Waals surface area contributed by atoms with Crippen LogP contribution < -0.4 is 5.32 Å². The van der Waals surface area contributed by atoms with E-state index >= 15 is 0 Å². The summed E-state index contributed by atoms with van der Waals surface area (Å²) >= 11 is 0. The van der Waals surface area contributed by atoms with Crippen molar-refractivity contribution in [1.29, 1.82) is 0 Å². The van der Waals surface area contributed by atoms with Crippen molar-refractivity contribution >= 4 is 27.4 Å². The van der Waals surface area contributed by atoms with Gasteiger partial charge in [0.1, 0.15) is 18.6 Å². The van der Waals surface area contributed by atoms with E-state index < -0.39 is 20.7 Å². The van der Waals surface area contributed by atoms with Gasteiger partial charge in [0.05, 0.1) is 23.2 Å². The average molecular weight is 368 g/mol. The number of aromatic nitrogens is 4. The summed E-state index contributed by atoms with van der Waals surface area (Å²) in [5.74, 6) is -0.272. The standard InChI is InChI=1S/C13H16N6O5S/c1-9-4-11(18(16-9)10-2-3-25(23,24)7-10)15-13(20)6-17-5-12(14-8-17)19(21)22/h4-5,8,10H,2-3,6-7H2,1H3,(H,15,20)/t10-/m1/s1. The Labute approximate surface area is 142 Å². The number of nitrogens with zero attached hydrogens (tertiary/aromatic N) is 5. The van der Waals surface area contributed by atoms with E-state index in [0.29, 0.717) is 17.9 Å². The molecule has 0 unspecified atom stereocenters. The molecule has 1 atom stereocenters. The lowest BCUT2D eigenvalue weighted by atomic mass is 10.3. The van der Waals surface area contributed by atoms with Gasteiger partial charge in [-0.2, -0.15) is 5.10 Å². The molecule has 0 aromatic carbocycles. The van der Waals surface area contributed by atoms with Crippen molar-refractivity contribution < 1.29 is 18.1 Å². The van der Waals surface area contributed by atoms with Gasteiger partial charge in [-0.15, -0.1) is 0 Å². The van der Waals surface area contributed by atoms with Gasteiger partial charge in [-0.25, -0.2) is 13.1 Å². The predicted octanol–water partition coefficient (Wildman–Crippen LogP) is 0.295. The molecule has 0 aliphatic carbocycles. The first-order valence-electron chi connectivity index (χ1n) is 7.46. The van der Waals surface area contributed by atoms with Crippen molar-refractivity contribution in [2.75, 3.05) is 16.8 Å². The van der Waals surface area contributed by atoms with Gasteiger partial charge in [0.15, 0.2) is 9.84 Å². The van der Waals surface area contributed by atoms with Crippen LogP contribution in [0.25, 0.3) is 0 Å². The Bertz CT molecular complexity index is 931. The molecular weight excluding hydrogens is 352 g/mol. The minimum Gasteiger partial charge on any atom is -0.358 e. The highest BCUT2D eigenvalue weighted by atomic mass is 32.2. The molecule has 0 saturated carbocycles. The molecule has 1 saturated heterocycles. The topological polar surface area (TPSA) is 142 Å². The number of hydrogen-bond acceptors (Lipinski definition) is 7. The number of sulfone groups is 1. The molecule has 0 radical (unpaired) electrons. The van der Waals surface area contributed by atoms with Crippen LogP contribution >= 0.6 is 0 Å². The first-order valence-corrected chi connectivity index (χ1v) is 9.28. The van der Waals surface area contributed by atoms with Crippen LogP contribution in [-0.2, 0) is 21.2 Å². The van der Waals surface area contributed by atoms with Crippen molar-refractivity contribution in [2.24, 2.45) is 0 Å². The van der Waals surface area contributed by atoms with Crippen LogP contribution in [0.5, 0.6) is 0 Å². The summed E-state index contributed by atoms with van der Waals surface area (Å²) < 4.78 is 26.1.